The van der Waals surface area contributed by atoms with Crippen molar-refractivity contribution in [2.24, 2.45) is 11.7 Å². The fraction of sp³-hybridized carbons (Fsp3) is 0.533. The van der Waals surface area contributed by atoms with Crippen LogP contribution in [0, 0.1) is 5.92 Å². The minimum Gasteiger partial charge on any atom is -0.465 e. The SMILES string of the molecule is COC(=O)c1ccc(S(=O)(=O)N2CCCC(C(C)N)C2)cc1.Cl. The second-order valence-electron chi connectivity index (χ2n) is 5.64. The number of hydrogen-bond acceptors (Lipinski definition) is 5. The number of hydrogen-bond donors (Lipinski definition) is 1. The number of ether oxygens (including phenoxy) is 1. The van der Waals surface area contributed by atoms with Crippen LogP contribution in [0.3, 0.4) is 0 Å². The molecule has 1 aromatic carbocycles. The number of benzene rings is 1. The molecule has 6 nitrogen and oxygen atoms in total. The largest absolute Gasteiger partial charge is 0.465 e. The lowest BCUT2D eigenvalue weighted by Gasteiger charge is -2.33. The summed E-state index contributed by atoms with van der Waals surface area (Å²) in [5.74, 6) is -0.309. The summed E-state index contributed by atoms with van der Waals surface area (Å²) in [6, 6.07) is 5.78. The highest BCUT2D eigenvalue weighted by Crippen LogP contribution is 2.25. The Morgan fingerprint density at radius 2 is 1.96 bits per heavy atom. The van der Waals surface area contributed by atoms with Crippen LogP contribution in [0.1, 0.15) is 30.1 Å². The summed E-state index contributed by atoms with van der Waals surface area (Å²) in [7, 11) is -2.27. The van der Waals surface area contributed by atoms with Crippen LogP contribution in [0.5, 0.6) is 0 Å². The molecule has 1 aliphatic heterocycles. The van der Waals surface area contributed by atoms with Crippen LogP contribution >= 0.6 is 12.4 Å². The van der Waals surface area contributed by atoms with Crippen molar-refractivity contribution in [2.75, 3.05) is 20.2 Å². The third-order valence-electron chi connectivity index (χ3n) is 4.08. The van der Waals surface area contributed by atoms with Gasteiger partial charge in [0.1, 0.15) is 0 Å². The second-order valence-corrected chi connectivity index (χ2v) is 7.58. The highest BCUT2D eigenvalue weighted by atomic mass is 35.5. The number of carbonyl (C=O) groups excluding carboxylic acids is 1. The molecule has 0 bridgehead atoms. The van der Waals surface area contributed by atoms with Gasteiger partial charge in [-0.05, 0) is 49.9 Å². The van der Waals surface area contributed by atoms with E-state index in [1.54, 1.807) is 0 Å². The van der Waals surface area contributed by atoms with E-state index in [2.05, 4.69) is 4.74 Å². The van der Waals surface area contributed by atoms with E-state index in [9.17, 15) is 13.2 Å². The number of methoxy groups -OCH3 is 1. The van der Waals surface area contributed by atoms with Crippen molar-refractivity contribution in [1.82, 2.24) is 4.31 Å². The van der Waals surface area contributed by atoms with E-state index in [0.29, 0.717) is 18.7 Å². The predicted octanol–water partition coefficient (Wildman–Crippen LogP) is 1.64. The molecular weight excluding hydrogens is 340 g/mol. The van der Waals surface area contributed by atoms with Crippen molar-refractivity contribution in [3.05, 3.63) is 29.8 Å². The van der Waals surface area contributed by atoms with E-state index in [-0.39, 0.29) is 29.3 Å². The van der Waals surface area contributed by atoms with Gasteiger partial charge in [0.15, 0.2) is 0 Å². The van der Waals surface area contributed by atoms with Crippen molar-refractivity contribution >= 4 is 28.4 Å². The first-order chi connectivity index (χ1) is 10.4. The quantitative estimate of drug-likeness (QED) is 0.822. The standard InChI is InChI=1S/C15H22N2O4S.ClH/c1-11(16)13-4-3-9-17(10-13)22(19,20)14-7-5-12(6-8-14)15(18)21-2;/h5-8,11,13H,3-4,9-10,16H2,1-2H3;1H. The second kappa shape index (κ2) is 8.10. The van der Waals surface area contributed by atoms with Crippen LogP contribution in [-0.4, -0.2) is 44.9 Å². The van der Waals surface area contributed by atoms with E-state index >= 15 is 0 Å². The van der Waals surface area contributed by atoms with Gasteiger partial charge in [-0.3, -0.25) is 0 Å². The Labute approximate surface area is 143 Å². The van der Waals surface area contributed by atoms with Gasteiger partial charge in [0, 0.05) is 19.1 Å². The van der Waals surface area contributed by atoms with Gasteiger partial charge in [0.25, 0.3) is 0 Å². The van der Waals surface area contributed by atoms with Crippen LogP contribution < -0.4 is 5.73 Å². The Morgan fingerprint density at radius 1 is 1.35 bits per heavy atom. The van der Waals surface area contributed by atoms with Crippen LogP contribution in [0.25, 0.3) is 0 Å². The van der Waals surface area contributed by atoms with Crippen LogP contribution in [-0.2, 0) is 14.8 Å². The van der Waals surface area contributed by atoms with E-state index in [4.69, 9.17) is 5.73 Å². The molecule has 2 N–H and O–H groups in total. The molecule has 1 aliphatic rings. The smallest absolute Gasteiger partial charge is 0.337 e. The minimum absolute atomic E-state index is 0. The Morgan fingerprint density at radius 3 is 2.48 bits per heavy atom. The molecule has 0 saturated carbocycles. The summed E-state index contributed by atoms with van der Waals surface area (Å²) in [5, 5.41) is 0. The fourth-order valence-electron chi connectivity index (χ4n) is 2.65. The lowest BCUT2D eigenvalue weighted by atomic mass is 9.93. The van der Waals surface area contributed by atoms with Gasteiger partial charge in [-0.1, -0.05) is 0 Å². The number of rotatable bonds is 4. The maximum atomic E-state index is 12.7. The maximum absolute atomic E-state index is 12.7. The first-order valence-corrected chi connectivity index (χ1v) is 8.74. The summed E-state index contributed by atoms with van der Waals surface area (Å²) in [5.41, 5.74) is 6.23. The minimum atomic E-state index is -3.55. The lowest BCUT2D eigenvalue weighted by Crippen LogP contribution is -2.44. The summed E-state index contributed by atoms with van der Waals surface area (Å²) in [6.07, 6.45) is 1.76. The van der Waals surface area contributed by atoms with Gasteiger partial charge in [0.2, 0.25) is 10.0 Å². The van der Waals surface area contributed by atoms with Crippen molar-refractivity contribution in [2.45, 2.75) is 30.7 Å². The molecule has 23 heavy (non-hydrogen) atoms. The molecule has 0 radical (unpaired) electrons. The first-order valence-electron chi connectivity index (χ1n) is 7.30. The Hall–Kier alpha value is -1.15. The van der Waals surface area contributed by atoms with Crippen molar-refractivity contribution in [3.63, 3.8) is 0 Å². The van der Waals surface area contributed by atoms with Crippen molar-refractivity contribution in [1.29, 1.82) is 0 Å². The molecule has 1 heterocycles. The average molecular weight is 363 g/mol. The fourth-order valence-corrected chi connectivity index (χ4v) is 4.19. The molecule has 1 fully saturated rings. The summed E-state index contributed by atoms with van der Waals surface area (Å²) in [6.45, 7) is 2.86. The summed E-state index contributed by atoms with van der Waals surface area (Å²) >= 11 is 0. The summed E-state index contributed by atoms with van der Waals surface area (Å²) < 4.78 is 31.4. The molecule has 1 aromatic rings. The van der Waals surface area contributed by atoms with E-state index in [0.717, 1.165) is 12.8 Å². The van der Waals surface area contributed by atoms with Crippen molar-refractivity contribution in [3.8, 4) is 0 Å². The molecule has 8 heteroatoms. The monoisotopic (exact) mass is 362 g/mol. The van der Waals surface area contributed by atoms with Crippen molar-refractivity contribution < 1.29 is 17.9 Å². The zero-order chi connectivity index (χ0) is 16.3. The molecule has 0 spiro atoms. The molecule has 2 unspecified atom stereocenters. The summed E-state index contributed by atoms with van der Waals surface area (Å²) in [4.78, 5) is 11.6. The third-order valence-corrected chi connectivity index (χ3v) is 5.96. The highest BCUT2D eigenvalue weighted by Gasteiger charge is 2.31. The molecule has 130 valence electrons. The maximum Gasteiger partial charge on any atom is 0.337 e. The number of nitrogens with two attached hydrogens (primary N) is 1. The van der Waals surface area contributed by atoms with Gasteiger partial charge in [-0.15, -0.1) is 12.4 Å². The molecule has 0 aromatic heterocycles. The Bertz CT molecular complexity index is 631. The third kappa shape index (κ3) is 4.44. The zero-order valence-electron chi connectivity index (χ0n) is 13.3. The molecular formula is C15H23ClN2O4S. The average Bonchev–Trinajstić information content (AvgIpc) is 2.54. The number of nitrogens with zero attached hydrogens (tertiary/aromatic N) is 1. The van der Waals surface area contributed by atoms with Gasteiger partial charge in [-0.2, -0.15) is 4.31 Å². The molecule has 2 atom stereocenters. The molecule has 1 saturated heterocycles. The van der Waals surface area contributed by atoms with E-state index in [1.165, 1.54) is 35.7 Å². The number of halogens is 1. The number of esters is 1. The number of carbonyl (C=O) groups is 1. The molecule has 0 amide bonds. The predicted molar refractivity (Wildman–Crippen MR) is 90.2 cm³/mol. The molecule has 2 rings (SSSR count). The normalized spacial score (nSPS) is 20.4. The molecule has 0 aliphatic carbocycles. The van der Waals surface area contributed by atoms with Gasteiger partial charge < -0.3 is 10.5 Å². The van der Waals surface area contributed by atoms with E-state index < -0.39 is 16.0 Å². The number of sulfonamides is 1. The number of piperidine rings is 1. The van der Waals surface area contributed by atoms with E-state index in [1.807, 2.05) is 6.92 Å². The van der Waals surface area contributed by atoms with Crippen LogP contribution in [0.2, 0.25) is 0 Å². The van der Waals surface area contributed by atoms with Crippen LogP contribution in [0.15, 0.2) is 29.2 Å². The Kier molecular flexibility index (Phi) is 7.01. The van der Waals surface area contributed by atoms with Crippen LogP contribution in [0.4, 0.5) is 0 Å². The van der Waals surface area contributed by atoms with Gasteiger partial charge in [-0.25, -0.2) is 13.2 Å². The first kappa shape index (κ1) is 19.9. The zero-order valence-corrected chi connectivity index (χ0v) is 14.9. The lowest BCUT2D eigenvalue weighted by molar-refractivity contribution is 0.0600. The van der Waals surface area contributed by atoms with Gasteiger partial charge >= 0.3 is 5.97 Å². The Balaban J connectivity index is 0.00000264. The highest BCUT2D eigenvalue weighted by molar-refractivity contribution is 7.89. The topological polar surface area (TPSA) is 89.7 Å². The van der Waals surface area contributed by atoms with Gasteiger partial charge in [0.05, 0.1) is 17.6 Å².